The number of aryl methyl sites for hydroxylation is 2. The molecule has 0 aromatic heterocycles. The van der Waals surface area contributed by atoms with Gasteiger partial charge in [-0.15, -0.1) is 0 Å². The molecule has 2 aromatic carbocycles. The number of carbonyl (C=O) groups excluding carboxylic acids is 1. The molecule has 1 amide bonds. The highest BCUT2D eigenvalue weighted by atomic mass is 16.2. The van der Waals surface area contributed by atoms with Gasteiger partial charge in [0.25, 0.3) is 5.91 Å². The van der Waals surface area contributed by atoms with Crippen LogP contribution in [0.3, 0.4) is 0 Å². The van der Waals surface area contributed by atoms with E-state index in [9.17, 15) is 4.79 Å². The fourth-order valence-electron chi connectivity index (χ4n) is 3.62. The third-order valence-corrected chi connectivity index (χ3v) is 5.32. The number of nitrogens with zero attached hydrogens (tertiary/aromatic N) is 3. The van der Waals surface area contributed by atoms with Crippen molar-refractivity contribution >= 4 is 11.6 Å². The first kappa shape index (κ1) is 19.3. The van der Waals surface area contributed by atoms with E-state index >= 15 is 0 Å². The van der Waals surface area contributed by atoms with E-state index in [4.69, 9.17) is 5.10 Å². The number of amides is 1. The van der Waals surface area contributed by atoms with Crippen molar-refractivity contribution in [2.45, 2.75) is 40.2 Å². The molecule has 0 aliphatic carbocycles. The maximum Gasteiger partial charge on any atom is 0.257 e. The minimum absolute atomic E-state index is 0.0387. The van der Waals surface area contributed by atoms with E-state index in [1.807, 2.05) is 18.2 Å². The molecule has 27 heavy (non-hydrogen) atoms. The van der Waals surface area contributed by atoms with Crippen LogP contribution < -0.4 is 0 Å². The molecule has 0 fully saturated rings. The van der Waals surface area contributed by atoms with Gasteiger partial charge in [-0.25, -0.2) is 5.01 Å². The molecule has 0 N–H and O–H groups in total. The van der Waals surface area contributed by atoms with Crippen molar-refractivity contribution in [1.29, 1.82) is 0 Å². The van der Waals surface area contributed by atoms with Gasteiger partial charge in [0.05, 0.1) is 18.3 Å². The van der Waals surface area contributed by atoms with Gasteiger partial charge in [-0.3, -0.25) is 9.69 Å². The Morgan fingerprint density at radius 3 is 2.48 bits per heavy atom. The average Bonchev–Trinajstić information content (AvgIpc) is 3.14. The summed E-state index contributed by atoms with van der Waals surface area (Å²) in [4.78, 5) is 15.2. The Balaban J connectivity index is 1.96. The van der Waals surface area contributed by atoms with Crippen LogP contribution in [0.5, 0.6) is 0 Å². The SMILES string of the molecule is CCN(CC)CC(=O)N1N=C(c2ccccc2)CC1c1cc(C)ccc1C. The molecule has 0 spiro atoms. The van der Waals surface area contributed by atoms with Crippen LogP contribution in [0, 0.1) is 13.8 Å². The lowest BCUT2D eigenvalue weighted by Crippen LogP contribution is -2.38. The maximum absolute atomic E-state index is 13.1. The van der Waals surface area contributed by atoms with E-state index in [-0.39, 0.29) is 11.9 Å². The highest BCUT2D eigenvalue weighted by molar-refractivity contribution is 6.03. The standard InChI is InChI=1S/C23H29N3O/c1-5-25(6-2)16-23(27)26-22(20-14-17(3)12-13-18(20)4)15-21(24-26)19-10-8-7-9-11-19/h7-14,22H,5-6,15-16H2,1-4H3. The molecule has 2 aromatic rings. The van der Waals surface area contributed by atoms with Crippen LogP contribution >= 0.6 is 0 Å². The minimum atomic E-state index is -0.0387. The first-order valence-corrected chi connectivity index (χ1v) is 9.78. The Bertz CT molecular complexity index is 825. The van der Waals surface area contributed by atoms with E-state index in [1.54, 1.807) is 5.01 Å². The van der Waals surface area contributed by atoms with Crippen LogP contribution in [0.15, 0.2) is 53.6 Å². The molecule has 4 heteroatoms. The van der Waals surface area contributed by atoms with Crippen molar-refractivity contribution in [3.63, 3.8) is 0 Å². The molecule has 0 saturated carbocycles. The molecule has 3 rings (SSSR count). The summed E-state index contributed by atoms with van der Waals surface area (Å²) in [5.41, 5.74) is 5.67. The van der Waals surface area contributed by atoms with Gasteiger partial charge >= 0.3 is 0 Å². The maximum atomic E-state index is 13.1. The first-order chi connectivity index (χ1) is 13.0. The van der Waals surface area contributed by atoms with Gasteiger partial charge in [0, 0.05) is 6.42 Å². The summed E-state index contributed by atoms with van der Waals surface area (Å²) in [6.07, 6.45) is 0.748. The van der Waals surface area contributed by atoms with E-state index in [0.717, 1.165) is 30.8 Å². The monoisotopic (exact) mass is 363 g/mol. The highest BCUT2D eigenvalue weighted by Gasteiger charge is 2.34. The van der Waals surface area contributed by atoms with Gasteiger partial charge in [0.2, 0.25) is 0 Å². The molecule has 1 heterocycles. The quantitative estimate of drug-likeness (QED) is 0.766. The van der Waals surface area contributed by atoms with Gasteiger partial charge in [-0.2, -0.15) is 5.10 Å². The van der Waals surface area contributed by atoms with Crippen molar-refractivity contribution in [2.24, 2.45) is 5.10 Å². The Labute approximate surface area is 162 Å². The van der Waals surface area contributed by atoms with Gasteiger partial charge in [0.1, 0.15) is 0 Å². The number of benzene rings is 2. The van der Waals surface area contributed by atoms with Gasteiger partial charge < -0.3 is 0 Å². The van der Waals surface area contributed by atoms with Gasteiger partial charge in [-0.05, 0) is 43.6 Å². The summed E-state index contributed by atoms with van der Waals surface area (Å²) in [5.74, 6) is 0.0653. The lowest BCUT2D eigenvalue weighted by atomic mass is 9.94. The Morgan fingerprint density at radius 1 is 1.11 bits per heavy atom. The molecule has 142 valence electrons. The normalized spacial score (nSPS) is 16.7. The molecule has 4 nitrogen and oxygen atoms in total. The van der Waals surface area contributed by atoms with Crippen LogP contribution in [0.4, 0.5) is 0 Å². The van der Waals surface area contributed by atoms with E-state index < -0.39 is 0 Å². The largest absolute Gasteiger partial charge is 0.295 e. The second-order valence-electron chi connectivity index (χ2n) is 7.19. The van der Waals surface area contributed by atoms with Crippen LogP contribution in [0.25, 0.3) is 0 Å². The molecular weight excluding hydrogens is 334 g/mol. The summed E-state index contributed by atoms with van der Waals surface area (Å²) in [7, 11) is 0. The smallest absolute Gasteiger partial charge is 0.257 e. The molecule has 1 aliphatic rings. The third kappa shape index (κ3) is 4.28. The number of likely N-dealkylation sites (N-methyl/N-ethyl adjacent to an activating group) is 1. The molecule has 0 bridgehead atoms. The number of hydrogen-bond acceptors (Lipinski definition) is 3. The summed E-state index contributed by atoms with van der Waals surface area (Å²) < 4.78 is 0. The molecule has 0 saturated heterocycles. The minimum Gasteiger partial charge on any atom is -0.295 e. The zero-order valence-electron chi connectivity index (χ0n) is 16.8. The molecule has 1 atom stereocenters. The zero-order chi connectivity index (χ0) is 19.4. The van der Waals surface area contributed by atoms with Crippen molar-refractivity contribution in [3.05, 3.63) is 70.8 Å². The predicted molar refractivity (Wildman–Crippen MR) is 111 cm³/mol. The second-order valence-corrected chi connectivity index (χ2v) is 7.19. The Hall–Kier alpha value is -2.46. The van der Waals surface area contributed by atoms with E-state index in [2.05, 4.69) is 62.9 Å². The van der Waals surface area contributed by atoms with Gasteiger partial charge in [-0.1, -0.05) is 67.9 Å². The fourth-order valence-corrected chi connectivity index (χ4v) is 3.62. The predicted octanol–water partition coefficient (Wildman–Crippen LogP) is 4.32. The first-order valence-electron chi connectivity index (χ1n) is 9.78. The molecule has 1 unspecified atom stereocenters. The van der Waals surface area contributed by atoms with Crippen LogP contribution in [0.2, 0.25) is 0 Å². The van der Waals surface area contributed by atoms with E-state index in [0.29, 0.717) is 6.54 Å². The molecule has 1 aliphatic heterocycles. The van der Waals surface area contributed by atoms with Crippen LogP contribution in [0.1, 0.15) is 48.6 Å². The molecular formula is C23H29N3O. The molecule has 0 radical (unpaired) electrons. The van der Waals surface area contributed by atoms with Crippen molar-refractivity contribution in [1.82, 2.24) is 9.91 Å². The number of carbonyl (C=O) groups is 1. The Kier molecular flexibility index (Phi) is 6.07. The van der Waals surface area contributed by atoms with Crippen LogP contribution in [-0.4, -0.2) is 41.2 Å². The van der Waals surface area contributed by atoms with E-state index in [1.165, 1.54) is 16.7 Å². The average molecular weight is 364 g/mol. The zero-order valence-corrected chi connectivity index (χ0v) is 16.8. The number of hydrazone groups is 1. The number of hydrogen-bond donors (Lipinski definition) is 0. The summed E-state index contributed by atoms with van der Waals surface area (Å²) >= 11 is 0. The summed E-state index contributed by atoms with van der Waals surface area (Å²) in [6.45, 7) is 10.5. The third-order valence-electron chi connectivity index (χ3n) is 5.32. The fraction of sp³-hybridized carbons (Fsp3) is 0.391. The van der Waals surface area contributed by atoms with Gasteiger partial charge in [0.15, 0.2) is 0 Å². The number of rotatable bonds is 6. The highest BCUT2D eigenvalue weighted by Crippen LogP contribution is 2.35. The van der Waals surface area contributed by atoms with Crippen LogP contribution in [-0.2, 0) is 4.79 Å². The lowest BCUT2D eigenvalue weighted by molar-refractivity contribution is -0.134. The summed E-state index contributed by atoms with van der Waals surface area (Å²) in [5, 5.41) is 6.51. The second kappa shape index (κ2) is 8.49. The van der Waals surface area contributed by atoms with Crippen molar-refractivity contribution < 1.29 is 4.79 Å². The Morgan fingerprint density at radius 2 is 1.81 bits per heavy atom. The summed E-state index contributed by atoms with van der Waals surface area (Å²) in [6, 6.07) is 16.6. The van der Waals surface area contributed by atoms with Crippen molar-refractivity contribution in [2.75, 3.05) is 19.6 Å². The topological polar surface area (TPSA) is 35.9 Å². The van der Waals surface area contributed by atoms with Crippen molar-refractivity contribution in [3.8, 4) is 0 Å². The lowest BCUT2D eigenvalue weighted by Gasteiger charge is -2.26.